The standard InChI is InChI=1S/C16H23N3/c1-4-12(2)11-19(3)16-9-13(10-17)14-7-5-6-8-15(14)18-16/h5-9,12H,4,10-11,17H2,1-3H3. The lowest BCUT2D eigenvalue weighted by Gasteiger charge is -2.23. The summed E-state index contributed by atoms with van der Waals surface area (Å²) in [6, 6.07) is 10.3. The highest BCUT2D eigenvalue weighted by atomic mass is 15.2. The molecule has 0 saturated heterocycles. The van der Waals surface area contributed by atoms with Gasteiger partial charge in [0, 0.05) is 25.5 Å². The minimum atomic E-state index is 0.549. The number of rotatable bonds is 5. The summed E-state index contributed by atoms with van der Waals surface area (Å²) in [7, 11) is 2.10. The molecule has 0 aliphatic rings. The summed E-state index contributed by atoms with van der Waals surface area (Å²) in [6.07, 6.45) is 1.18. The van der Waals surface area contributed by atoms with Crippen LogP contribution in [-0.2, 0) is 6.54 Å². The van der Waals surface area contributed by atoms with Crippen LogP contribution in [0.15, 0.2) is 30.3 Å². The van der Waals surface area contributed by atoms with Crippen LogP contribution < -0.4 is 10.6 Å². The molecule has 0 fully saturated rings. The molecular formula is C16H23N3. The Morgan fingerprint density at radius 2 is 2.05 bits per heavy atom. The Morgan fingerprint density at radius 1 is 1.32 bits per heavy atom. The molecule has 1 aromatic heterocycles. The van der Waals surface area contributed by atoms with Crippen LogP contribution in [0.3, 0.4) is 0 Å². The predicted octanol–water partition coefficient (Wildman–Crippen LogP) is 3.18. The zero-order valence-corrected chi connectivity index (χ0v) is 12.1. The second-order valence-corrected chi connectivity index (χ2v) is 5.25. The van der Waals surface area contributed by atoms with Crippen LogP contribution in [0.5, 0.6) is 0 Å². The summed E-state index contributed by atoms with van der Waals surface area (Å²) >= 11 is 0. The maximum absolute atomic E-state index is 5.87. The van der Waals surface area contributed by atoms with Crippen molar-refractivity contribution >= 4 is 16.7 Å². The van der Waals surface area contributed by atoms with Crippen molar-refractivity contribution in [2.45, 2.75) is 26.8 Å². The van der Waals surface area contributed by atoms with Crippen molar-refractivity contribution in [2.75, 3.05) is 18.5 Å². The lowest BCUT2D eigenvalue weighted by molar-refractivity contribution is 0.558. The summed E-state index contributed by atoms with van der Waals surface area (Å²) in [5.74, 6) is 1.68. The van der Waals surface area contributed by atoms with Crippen molar-refractivity contribution in [1.82, 2.24) is 4.98 Å². The largest absolute Gasteiger partial charge is 0.359 e. The smallest absolute Gasteiger partial charge is 0.129 e. The molecule has 0 spiro atoms. The molecule has 3 heteroatoms. The van der Waals surface area contributed by atoms with Gasteiger partial charge in [-0.15, -0.1) is 0 Å². The number of pyridine rings is 1. The van der Waals surface area contributed by atoms with Gasteiger partial charge in [-0.1, -0.05) is 38.5 Å². The third-order valence-corrected chi connectivity index (χ3v) is 3.68. The van der Waals surface area contributed by atoms with Crippen LogP contribution in [0.2, 0.25) is 0 Å². The highest BCUT2D eigenvalue weighted by Crippen LogP contribution is 2.22. The van der Waals surface area contributed by atoms with Gasteiger partial charge in [-0.05, 0) is 23.6 Å². The van der Waals surface area contributed by atoms with Gasteiger partial charge >= 0.3 is 0 Å². The number of anilines is 1. The van der Waals surface area contributed by atoms with Crippen LogP contribution in [0.4, 0.5) is 5.82 Å². The Bertz CT molecular complexity index is 551. The van der Waals surface area contributed by atoms with Crippen molar-refractivity contribution in [2.24, 2.45) is 11.7 Å². The number of hydrogen-bond acceptors (Lipinski definition) is 3. The quantitative estimate of drug-likeness (QED) is 0.894. The molecule has 0 aliphatic heterocycles. The number of para-hydroxylation sites is 1. The fourth-order valence-corrected chi connectivity index (χ4v) is 2.29. The third kappa shape index (κ3) is 3.04. The molecule has 0 radical (unpaired) electrons. The van der Waals surface area contributed by atoms with Crippen LogP contribution in [0, 0.1) is 5.92 Å². The van der Waals surface area contributed by atoms with Crippen molar-refractivity contribution in [3.05, 3.63) is 35.9 Å². The van der Waals surface area contributed by atoms with Gasteiger partial charge in [0.2, 0.25) is 0 Å². The van der Waals surface area contributed by atoms with E-state index in [-0.39, 0.29) is 0 Å². The van der Waals surface area contributed by atoms with Crippen LogP contribution in [0.1, 0.15) is 25.8 Å². The van der Waals surface area contributed by atoms with E-state index in [1.807, 2.05) is 12.1 Å². The Morgan fingerprint density at radius 3 is 2.74 bits per heavy atom. The molecule has 0 bridgehead atoms. The van der Waals surface area contributed by atoms with E-state index in [9.17, 15) is 0 Å². The maximum atomic E-state index is 5.87. The SMILES string of the molecule is CCC(C)CN(C)c1cc(CN)c2ccccc2n1. The molecular weight excluding hydrogens is 234 g/mol. The van der Waals surface area contributed by atoms with E-state index in [1.165, 1.54) is 6.42 Å². The summed E-state index contributed by atoms with van der Waals surface area (Å²) in [5.41, 5.74) is 8.05. The fraction of sp³-hybridized carbons (Fsp3) is 0.438. The van der Waals surface area contributed by atoms with E-state index in [0.29, 0.717) is 12.5 Å². The molecule has 0 amide bonds. The maximum Gasteiger partial charge on any atom is 0.129 e. The number of nitrogens with zero attached hydrogens (tertiary/aromatic N) is 2. The van der Waals surface area contributed by atoms with Crippen LogP contribution in [0.25, 0.3) is 10.9 Å². The number of benzene rings is 1. The van der Waals surface area contributed by atoms with Gasteiger partial charge in [0.25, 0.3) is 0 Å². The minimum absolute atomic E-state index is 0.549. The van der Waals surface area contributed by atoms with E-state index in [4.69, 9.17) is 10.7 Å². The van der Waals surface area contributed by atoms with Crippen LogP contribution >= 0.6 is 0 Å². The Balaban J connectivity index is 2.38. The van der Waals surface area contributed by atoms with Crippen molar-refractivity contribution in [3.63, 3.8) is 0 Å². The average molecular weight is 257 g/mol. The van der Waals surface area contributed by atoms with Gasteiger partial charge in [0.1, 0.15) is 5.82 Å². The molecule has 0 aliphatic carbocycles. The third-order valence-electron chi connectivity index (χ3n) is 3.68. The van der Waals surface area contributed by atoms with Gasteiger partial charge < -0.3 is 10.6 Å². The predicted molar refractivity (Wildman–Crippen MR) is 82.4 cm³/mol. The summed E-state index contributed by atoms with van der Waals surface area (Å²) in [4.78, 5) is 6.96. The Kier molecular flexibility index (Phi) is 4.38. The number of fused-ring (bicyclic) bond motifs is 1. The molecule has 1 atom stereocenters. The highest BCUT2D eigenvalue weighted by Gasteiger charge is 2.10. The van der Waals surface area contributed by atoms with E-state index >= 15 is 0 Å². The zero-order chi connectivity index (χ0) is 13.8. The summed E-state index contributed by atoms with van der Waals surface area (Å²) in [6.45, 7) is 6.05. The lowest BCUT2D eigenvalue weighted by Crippen LogP contribution is -2.24. The second kappa shape index (κ2) is 6.02. The lowest BCUT2D eigenvalue weighted by atomic mass is 10.1. The van der Waals surface area contributed by atoms with Crippen LogP contribution in [-0.4, -0.2) is 18.6 Å². The molecule has 3 nitrogen and oxygen atoms in total. The molecule has 19 heavy (non-hydrogen) atoms. The molecule has 2 N–H and O–H groups in total. The monoisotopic (exact) mass is 257 g/mol. The minimum Gasteiger partial charge on any atom is -0.359 e. The molecule has 2 aromatic rings. The molecule has 2 rings (SSSR count). The van der Waals surface area contributed by atoms with E-state index in [1.54, 1.807) is 0 Å². The molecule has 1 aromatic carbocycles. The average Bonchev–Trinajstić information content (AvgIpc) is 2.45. The molecule has 0 saturated carbocycles. The zero-order valence-electron chi connectivity index (χ0n) is 12.1. The summed E-state index contributed by atoms with van der Waals surface area (Å²) in [5, 5.41) is 1.16. The van der Waals surface area contributed by atoms with Crippen molar-refractivity contribution in [3.8, 4) is 0 Å². The van der Waals surface area contributed by atoms with Crippen molar-refractivity contribution in [1.29, 1.82) is 0 Å². The first-order valence-electron chi connectivity index (χ1n) is 6.95. The summed E-state index contributed by atoms with van der Waals surface area (Å²) < 4.78 is 0. The van der Waals surface area contributed by atoms with E-state index in [2.05, 4.69) is 44.0 Å². The van der Waals surface area contributed by atoms with Gasteiger partial charge in [0.15, 0.2) is 0 Å². The fourth-order valence-electron chi connectivity index (χ4n) is 2.29. The molecule has 1 unspecified atom stereocenters. The normalized spacial score (nSPS) is 12.6. The van der Waals surface area contributed by atoms with Gasteiger partial charge in [-0.2, -0.15) is 0 Å². The Hall–Kier alpha value is -1.61. The van der Waals surface area contributed by atoms with E-state index in [0.717, 1.165) is 28.8 Å². The first-order valence-corrected chi connectivity index (χ1v) is 6.95. The first-order chi connectivity index (χ1) is 9.15. The highest BCUT2D eigenvalue weighted by molar-refractivity contribution is 5.84. The van der Waals surface area contributed by atoms with Gasteiger partial charge in [-0.25, -0.2) is 4.98 Å². The second-order valence-electron chi connectivity index (χ2n) is 5.25. The van der Waals surface area contributed by atoms with Gasteiger partial charge in [-0.3, -0.25) is 0 Å². The molecule has 1 heterocycles. The van der Waals surface area contributed by atoms with Crippen molar-refractivity contribution < 1.29 is 0 Å². The number of hydrogen-bond donors (Lipinski definition) is 1. The topological polar surface area (TPSA) is 42.1 Å². The molecule has 102 valence electrons. The van der Waals surface area contributed by atoms with E-state index < -0.39 is 0 Å². The Labute approximate surface area is 115 Å². The first kappa shape index (κ1) is 13.8. The number of nitrogens with two attached hydrogens (primary N) is 1. The van der Waals surface area contributed by atoms with Gasteiger partial charge in [0.05, 0.1) is 5.52 Å². The number of aromatic nitrogens is 1.